The maximum atomic E-state index is 12.2. The van der Waals surface area contributed by atoms with Gasteiger partial charge in [-0.15, -0.1) is 0 Å². The van der Waals surface area contributed by atoms with Gasteiger partial charge in [-0.25, -0.2) is 0 Å². The third-order valence-corrected chi connectivity index (χ3v) is 3.97. The first-order chi connectivity index (χ1) is 10.2. The number of amides is 1. The van der Waals surface area contributed by atoms with E-state index in [1.54, 1.807) is 6.07 Å². The van der Waals surface area contributed by atoms with Gasteiger partial charge in [-0.05, 0) is 17.7 Å². The number of carbonyl (C=O) groups is 1. The van der Waals surface area contributed by atoms with Gasteiger partial charge in [0.2, 0.25) is 5.91 Å². The van der Waals surface area contributed by atoms with Crippen LogP contribution in [-0.2, 0) is 11.2 Å². The molecule has 3 rings (SSSR count). The van der Waals surface area contributed by atoms with E-state index < -0.39 is 0 Å². The van der Waals surface area contributed by atoms with Crippen molar-refractivity contribution in [2.75, 3.05) is 6.61 Å². The van der Waals surface area contributed by atoms with Crippen molar-refractivity contribution in [1.82, 2.24) is 5.32 Å². The van der Waals surface area contributed by atoms with Crippen molar-refractivity contribution in [3.05, 3.63) is 64.7 Å². The topological polar surface area (TPSA) is 38.3 Å². The Kier molecular flexibility index (Phi) is 4.11. The van der Waals surface area contributed by atoms with E-state index in [-0.39, 0.29) is 11.9 Å². The minimum Gasteiger partial charge on any atom is -0.493 e. The number of benzene rings is 2. The van der Waals surface area contributed by atoms with Crippen LogP contribution in [0.4, 0.5) is 0 Å². The van der Waals surface area contributed by atoms with Gasteiger partial charge in [-0.2, -0.15) is 0 Å². The summed E-state index contributed by atoms with van der Waals surface area (Å²) in [6.45, 7) is 0.619. The first kappa shape index (κ1) is 14.0. The SMILES string of the molecule is O=C(Cc1ccccc1Cl)N[C@@H]1CCOc2ccccc21. The number of halogens is 1. The van der Waals surface area contributed by atoms with E-state index in [2.05, 4.69) is 5.32 Å². The molecule has 3 nitrogen and oxygen atoms in total. The van der Waals surface area contributed by atoms with Gasteiger partial charge in [0.25, 0.3) is 0 Å². The zero-order chi connectivity index (χ0) is 14.7. The summed E-state index contributed by atoms with van der Waals surface area (Å²) in [6.07, 6.45) is 1.07. The Morgan fingerprint density at radius 1 is 1.19 bits per heavy atom. The number of carbonyl (C=O) groups excluding carboxylic acids is 1. The number of ether oxygens (including phenoxy) is 1. The third kappa shape index (κ3) is 3.19. The van der Waals surface area contributed by atoms with Gasteiger partial charge in [0, 0.05) is 17.0 Å². The van der Waals surface area contributed by atoms with Crippen LogP contribution in [0.2, 0.25) is 5.02 Å². The number of rotatable bonds is 3. The lowest BCUT2D eigenvalue weighted by atomic mass is 10.00. The van der Waals surface area contributed by atoms with Gasteiger partial charge in [0.15, 0.2) is 0 Å². The average Bonchev–Trinajstić information content (AvgIpc) is 2.50. The molecule has 1 N–H and O–H groups in total. The lowest BCUT2D eigenvalue weighted by Gasteiger charge is -2.26. The maximum Gasteiger partial charge on any atom is 0.224 e. The van der Waals surface area contributed by atoms with Crippen molar-refractivity contribution in [1.29, 1.82) is 0 Å². The molecule has 0 fully saturated rings. The molecule has 0 saturated carbocycles. The lowest BCUT2D eigenvalue weighted by Crippen LogP contribution is -2.33. The second-order valence-corrected chi connectivity index (χ2v) is 5.47. The van der Waals surface area contributed by atoms with Gasteiger partial charge in [-0.1, -0.05) is 48.0 Å². The molecule has 1 amide bonds. The molecule has 0 aliphatic carbocycles. The van der Waals surface area contributed by atoms with Crippen LogP contribution >= 0.6 is 11.6 Å². The Labute approximate surface area is 128 Å². The van der Waals surface area contributed by atoms with Crippen molar-refractivity contribution in [2.24, 2.45) is 0 Å². The van der Waals surface area contributed by atoms with E-state index in [1.165, 1.54) is 0 Å². The van der Waals surface area contributed by atoms with Gasteiger partial charge in [0.1, 0.15) is 5.75 Å². The average molecular weight is 302 g/mol. The van der Waals surface area contributed by atoms with Gasteiger partial charge in [-0.3, -0.25) is 4.79 Å². The highest BCUT2D eigenvalue weighted by atomic mass is 35.5. The normalized spacial score (nSPS) is 16.7. The molecule has 108 valence electrons. The molecule has 0 radical (unpaired) electrons. The molecule has 1 heterocycles. The molecule has 4 heteroatoms. The monoisotopic (exact) mass is 301 g/mol. The molecule has 21 heavy (non-hydrogen) atoms. The fourth-order valence-electron chi connectivity index (χ4n) is 2.55. The predicted molar refractivity (Wildman–Crippen MR) is 82.6 cm³/mol. The van der Waals surface area contributed by atoms with Crippen LogP contribution in [-0.4, -0.2) is 12.5 Å². The molecule has 2 aromatic rings. The largest absolute Gasteiger partial charge is 0.493 e. The third-order valence-electron chi connectivity index (χ3n) is 3.60. The second-order valence-electron chi connectivity index (χ2n) is 5.06. The highest BCUT2D eigenvalue weighted by molar-refractivity contribution is 6.31. The molecule has 0 bridgehead atoms. The molecule has 1 aliphatic heterocycles. The fraction of sp³-hybridized carbons (Fsp3) is 0.235. The fourth-order valence-corrected chi connectivity index (χ4v) is 2.75. The number of fused-ring (bicyclic) bond motifs is 1. The second kappa shape index (κ2) is 6.19. The van der Waals surface area contributed by atoms with Crippen LogP contribution < -0.4 is 10.1 Å². The summed E-state index contributed by atoms with van der Waals surface area (Å²) < 4.78 is 5.60. The van der Waals surface area contributed by atoms with Crippen molar-refractivity contribution in [2.45, 2.75) is 18.9 Å². The summed E-state index contributed by atoms with van der Waals surface area (Å²) in [4.78, 5) is 12.2. The zero-order valence-electron chi connectivity index (χ0n) is 11.5. The molecule has 0 aromatic heterocycles. The Balaban J connectivity index is 1.70. The zero-order valence-corrected chi connectivity index (χ0v) is 12.3. The minimum absolute atomic E-state index is 0.00457. The minimum atomic E-state index is -0.0233. The number of para-hydroxylation sites is 1. The summed E-state index contributed by atoms with van der Waals surface area (Å²) >= 11 is 6.09. The first-order valence-electron chi connectivity index (χ1n) is 6.98. The van der Waals surface area contributed by atoms with E-state index >= 15 is 0 Å². The van der Waals surface area contributed by atoms with E-state index in [0.717, 1.165) is 23.3 Å². The molecule has 0 saturated heterocycles. The van der Waals surface area contributed by atoms with E-state index in [9.17, 15) is 4.79 Å². The summed E-state index contributed by atoms with van der Waals surface area (Å²) in [6, 6.07) is 15.2. The van der Waals surface area contributed by atoms with E-state index in [0.29, 0.717) is 18.1 Å². The quantitative estimate of drug-likeness (QED) is 0.942. The summed E-state index contributed by atoms with van der Waals surface area (Å²) in [5, 5.41) is 3.70. The Bertz CT molecular complexity index is 657. The number of hydrogen-bond acceptors (Lipinski definition) is 2. The molecule has 0 spiro atoms. The maximum absolute atomic E-state index is 12.2. The van der Waals surface area contributed by atoms with Crippen molar-refractivity contribution in [3.63, 3.8) is 0 Å². The van der Waals surface area contributed by atoms with Crippen molar-refractivity contribution in [3.8, 4) is 5.75 Å². The molecular formula is C17H16ClNO2. The van der Waals surface area contributed by atoms with Crippen LogP contribution in [0.1, 0.15) is 23.6 Å². The number of nitrogens with one attached hydrogen (secondary N) is 1. The highest BCUT2D eigenvalue weighted by Crippen LogP contribution is 2.31. The standard InChI is InChI=1S/C17H16ClNO2/c18-14-7-3-1-5-12(14)11-17(20)19-15-9-10-21-16-8-4-2-6-13(15)16/h1-8,15H,9-11H2,(H,19,20)/t15-/m1/s1. The van der Waals surface area contributed by atoms with Crippen molar-refractivity contribution < 1.29 is 9.53 Å². The van der Waals surface area contributed by atoms with Crippen LogP contribution in [0, 0.1) is 0 Å². The first-order valence-corrected chi connectivity index (χ1v) is 7.36. The summed E-state index contributed by atoms with van der Waals surface area (Å²) in [5.41, 5.74) is 1.88. The molecule has 1 aliphatic rings. The van der Waals surface area contributed by atoms with Gasteiger partial charge < -0.3 is 10.1 Å². The van der Waals surface area contributed by atoms with Gasteiger partial charge >= 0.3 is 0 Å². The van der Waals surface area contributed by atoms with Crippen molar-refractivity contribution >= 4 is 17.5 Å². The van der Waals surface area contributed by atoms with Crippen LogP contribution in [0.5, 0.6) is 5.75 Å². The van der Waals surface area contributed by atoms with E-state index in [1.807, 2.05) is 42.5 Å². The number of hydrogen-bond donors (Lipinski definition) is 1. The smallest absolute Gasteiger partial charge is 0.224 e. The highest BCUT2D eigenvalue weighted by Gasteiger charge is 2.22. The lowest BCUT2D eigenvalue weighted by molar-refractivity contribution is -0.121. The Morgan fingerprint density at radius 2 is 1.95 bits per heavy atom. The molecular weight excluding hydrogens is 286 g/mol. The Hall–Kier alpha value is -2.00. The van der Waals surface area contributed by atoms with Crippen LogP contribution in [0.25, 0.3) is 0 Å². The predicted octanol–water partition coefficient (Wildman–Crippen LogP) is 3.52. The molecule has 1 atom stereocenters. The molecule has 0 unspecified atom stereocenters. The molecule has 2 aromatic carbocycles. The van der Waals surface area contributed by atoms with E-state index in [4.69, 9.17) is 16.3 Å². The Morgan fingerprint density at radius 3 is 2.81 bits per heavy atom. The van der Waals surface area contributed by atoms with Gasteiger partial charge in [0.05, 0.1) is 19.1 Å². The summed E-state index contributed by atoms with van der Waals surface area (Å²) in [7, 11) is 0. The van der Waals surface area contributed by atoms with Crippen LogP contribution in [0.15, 0.2) is 48.5 Å². The van der Waals surface area contributed by atoms with Crippen LogP contribution in [0.3, 0.4) is 0 Å². The summed E-state index contributed by atoms with van der Waals surface area (Å²) in [5.74, 6) is 0.830.